The third-order valence-electron chi connectivity index (χ3n) is 1.49. The molecule has 0 N–H and O–H groups in total. The molecule has 0 rings (SSSR count). The third-order valence-corrected chi connectivity index (χ3v) is 1.49. The number of hydrogen-bond acceptors (Lipinski definition) is 0. The van der Waals surface area contributed by atoms with Crippen molar-refractivity contribution >= 4 is 7.85 Å². The maximum absolute atomic E-state index is 5.68. The second kappa shape index (κ2) is 3.97. The van der Waals surface area contributed by atoms with E-state index < -0.39 is 0 Å². The van der Waals surface area contributed by atoms with E-state index >= 15 is 0 Å². The average molecular weight is 119 g/mol. The average Bonchev–Trinajstić information content (AvgIpc) is 1.31. The summed E-state index contributed by atoms with van der Waals surface area (Å²) in [4.78, 5) is 0. The first-order chi connectivity index (χ1) is 2.94. The Balaban J connectivity index is 0. The van der Waals surface area contributed by atoms with Gasteiger partial charge in [0, 0.05) is 0 Å². The van der Waals surface area contributed by atoms with E-state index in [-0.39, 0.29) is 34.9 Å². The van der Waals surface area contributed by atoms with E-state index in [1.54, 1.807) is 0 Å². The molecule has 0 amide bonds. The van der Waals surface area contributed by atoms with Crippen LogP contribution in [-0.2, 0) is 0 Å². The monoisotopic (exact) mass is 119 g/mol. The van der Waals surface area contributed by atoms with Gasteiger partial charge < -0.3 is 7.85 Å². The largest absolute Gasteiger partial charge is 1.00 e. The fraction of sp³-hybridized carbons (Fsp3) is 1.00. The zero-order valence-electron chi connectivity index (χ0n) is 6.65. The maximum atomic E-state index is 5.68. The van der Waals surface area contributed by atoms with Crippen LogP contribution >= 0.6 is 0 Å². The Morgan fingerprint density at radius 2 is 1.38 bits per heavy atom. The molecular formula is C6H13BNa. The first kappa shape index (κ1) is 11.8. The predicted molar refractivity (Wildman–Crippen MR) is 34.6 cm³/mol. The van der Waals surface area contributed by atoms with Gasteiger partial charge in [-0.2, -0.15) is 0 Å². The SMILES string of the molecule is [B-]C(C)(C)C(C)C.[Na+]. The van der Waals surface area contributed by atoms with E-state index in [4.69, 9.17) is 7.85 Å². The zero-order valence-corrected chi connectivity index (χ0v) is 8.65. The molecule has 0 saturated carbocycles. The molecule has 0 spiro atoms. The Kier molecular flexibility index (Phi) is 5.87. The number of rotatable bonds is 1. The van der Waals surface area contributed by atoms with Crippen molar-refractivity contribution in [3.63, 3.8) is 0 Å². The van der Waals surface area contributed by atoms with Gasteiger partial charge in [0.15, 0.2) is 0 Å². The second-order valence-electron chi connectivity index (χ2n) is 2.98. The summed E-state index contributed by atoms with van der Waals surface area (Å²) in [6.07, 6.45) is 0. The van der Waals surface area contributed by atoms with Gasteiger partial charge in [0.1, 0.15) is 0 Å². The minimum atomic E-state index is 0. The minimum absolute atomic E-state index is 0. The Labute approximate surface area is 76.1 Å². The van der Waals surface area contributed by atoms with Gasteiger partial charge in [0.05, 0.1) is 0 Å². The van der Waals surface area contributed by atoms with Crippen LogP contribution in [0.25, 0.3) is 0 Å². The van der Waals surface area contributed by atoms with Crippen molar-refractivity contribution in [2.45, 2.75) is 33.0 Å². The number of hydrogen-bond donors (Lipinski definition) is 0. The molecule has 3 radical (unpaired) electrons. The van der Waals surface area contributed by atoms with Crippen molar-refractivity contribution in [3.05, 3.63) is 0 Å². The molecule has 2 heteroatoms. The van der Waals surface area contributed by atoms with Gasteiger partial charge in [0.25, 0.3) is 0 Å². The summed E-state index contributed by atoms with van der Waals surface area (Å²) in [7, 11) is 5.68. The van der Waals surface area contributed by atoms with Gasteiger partial charge >= 0.3 is 29.6 Å². The van der Waals surface area contributed by atoms with Gasteiger partial charge in [-0.25, -0.2) is 0 Å². The summed E-state index contributed by atoms with van der Waals surface area (Å²) in [6, 6.07) is 0. The molecular weight excluding hydrogens is 106 g/mol. The third kappa shape index (κ3) is 5.21. The van der Waals surface area contributed by atoms with Crippen molar-refractivity contribution < 1.29 is 29.6 Å². The van der Waals surface area contributed by atoms with Gasteiger partial charge in [-0.3, -0.25) is 5.31 Å². The molecule has 0 fully saturated rings. The molecule has 41 valence electrons. The van der Waals surface area contributed by atoms with Crippen LogP contribution in [0.5, 0.6) is 0 Å². The molecule has 0 aromatic carbocycles. The standard InChI is InChI=1S/C6H13B.Na/c1-5(2)6(3,4)7;/h5H,1-4H3;/q-1;+1. The van der Waals surface area contributed by atoms with Crippen LogP contribution in [0, 0.1) is 5.92 Å². The van der Waals surface area contributed by atoms with Crippen molar-refractivity contribution in [2.24, 2.45) is 5.92 Å². The molecule has 0 saturated heterocycles. The molecule has 0 aliphatic carbocycles. The second-order valence-corrected chi connectivity index (χ2v) is 2.98. The molecule has 0 aliphatic heterocycles. The normalized spacial score (nSPS) is 11.2. The molecule has 0 bridgehead atoms. The summed E-state index contributed by atoms with van der Waals surface area (Å²) < 4.78 is 0. The van der Waals surface area contributed by atoms with Crippen molar-refractivity contribution in [1.82, 2.24) is 0 Å². The zero-order chi connectivity index (χ0) is 6.08. The van der Waals surface area contributed by atoms with Crippen molar-refractivity contribution in [2.75, 3.05) is 0 Å². The van der Waals surface area contributed by atoms with Crippen LogP contribution in [0.4, 0.5) is 0 Å². The molecule has 8 heavy (non-hydrogen) atoms. The first-order valence-corrected chi connectivity index (χ1v) is 2.73. The quantitative estimate of drug-likeness (QED) is 0.389. The van der Waals surface area contributed by atoms with Crippen LogP contribution in [0.1, 0.15) is 27.7 Å². The van der Waals surface area contributed by atoms with Crippen LogP contribution in [0.15, 0.2) is 0 Å². The molecule has 0 heterocycles. The molecule has 0 aromatic rings. The van der Waals surface area contributed by atoms with E-state index in [1.807, 2.05) is 13.8 Å². The maximum Gasteiger partial charge on any atom is 1.00 e. The van der Waals surface area contributed by atoms with E-state index in [2.05, 4.69) is 13.8 Å². The van der Waals surface area contributed by atoms with Crippen molar-refractivity contribution in [1.29, 1.82) is 0 Å². The van der Waals surface area contributed by atoms with Crippen LogP contribution < -0.4 is 29.6 Å². The van der Waals surface area contributed by atoms with Gasteiger partial charge in [-0.05, 0) is 0 Å². The Hall–Kier alpha value is 1.06. The predicted octanol–water partition coefficient (Wildman–Crippen LogP) is -0.987. The molecule has 0 atom stereocenters. The van der Waals surface area contributed by atoms with E-state index in [9.17, 15) is 0 Å². The molecule has 0 unspecified atom stereocenters. The fourth-order valence-electron chi connectivity index (χ4n) is 0. The summed E-state index contributed by atoms with van der Waals surface area (Å²) >= 11 is 0. The van der Waals surface area contributed by atoms with Crippen LogP contribution in [0.2, 0.25) is 5.31 Å². The molecule has 0 aromatic heterocycles. The summed E-state index contributed by atoms with van der Waals surface area (Å²) in [6.45, 7) is 8.33. The van der Waals surface area contributed by atoms with E-state index in [0.717, 1.165) is 0 Å². The fourth-order valence-corrected chi connectivity index (χ4v) is 0. The Bertz CT molecular complexity index is 54.0. The van der Waals surface area contributed by atoms with Crippen LogP contribution in [0.3, 0.4) is 0 Å². The van der Waals surface area contributed by atoms with E-state index in [0.29, 0.717) is 5.92 Å². The molecule has 0 aliphatic rings. The molecule has 0 nitrogen and oxygen atoms in total. The van der Waals surface area contributed by atoms with Gasteiger partial charge in [0.2, 0.25) is 0 Å². The summed E-state index contributed by atoms with van der Waals surface area (Å²) in [5, 5.41) is 0.000000000000000222. The summed E-state index contributed by atoms with van der Waals surface area (Å²) in [5.74, 6) is 0.576. The first-order valence-electron chi connectivity index (χ1n) is 2.73. The van der Waals surface area contributed by atoms with Gasteiger partial charge in [-0.1, -0.05) is 33.6 Å². The summed E-state index contributed by atoms with van der Waals surface area (Å²) in [5.41, 5.74) is 0. The topological polar surface area (TPSA) is 0 Å². The smallest absolute Gasteiger partial charge is 0.617 e. The Morgan fingerprint density at radius 1 is 1.25 bits per heavy atom. The van der Waals surface area contributed by atoms with E-state index in [1.165, 1.54) is 0 Å². The van der Waals surface area contributed by atoms with Gasteiger partial charge in [-0.15, -0.1) is 0 Å². The van der Waals surface area contributed by atoms with Crippen LogP contribution in [-0.4, -0.2) is 7.85 Å². The Morgan fingerprint density at radius 3 is 1.38 bits per heavy atom. The van der Waals surface area contributed by atoms with Crippen molar-refractivity contribution in [3.8, 4) is 0 Å². The minimum Gasteiger partial charge on any atom is -0.617 e.